The maximum Gasteiger partial charge on any atom is 0.220 e. The van der Waals surface area contributed by atoms with Crippen LogP contribution in [0.25, 0.3) is 0 Å². The fourth-order valence-corrected chi connectivity index (χ4v) is 564. The molecule has 0 aliphatic rings. The minimum atomic E-state index is -3.61. The fourth-order valence-electron chi connectivity index (χ4n) is 8.06. The van der Waals surface area contributed by atoms with Gasteiger partial charge in [0.05, 0.1) is 201 Å². The molecule has 0 aromatic rings. The van der Waals surface area contributed by atoms with Crippen LogP contribution in [0.1, 0.15) is 91.9 Å². The molecule has 47 nitrogen and oxygen atoms in total. The van der Waals surface area contributed by atoms with Crippen molar-refractivity contribution in [3.63, 3.8) is 0 Å². The van der Waals surface area contributed by atoms with Crippen molar-refractivity contribution in [3.8, 4) is 0 Å². The number of amides is 7. The summed E-state index contributed by atoms with van der Waals surface area (Å²) >= 11 is 0. The van der Waals surface area contributed by atoms with Crippen LogP contribution in [0.15, 0.2) is 0 Å². The third-order valence-electron chi connectivity index (χ3n) is 13.4. The zero-order chi connectivity index (χ0) is 104. The van der Waals surface area contributed by atoms with E-state index in [0.29, 0.717) is 11.6 Å². The minimum Gasteiger partial charge on any atom is -0.356 e. The van der Waals surface area contributed by atoms with Gasteiger partial charge in [-0.25, -0.2) is 13.7 Å². The summed E-state index contributed by atoms with van der Waals surface area (Å²) in [5.41, 5.74) is 0. The standard InChI is InChI=1S/C31H61N9O38P60/c1-5-9-24(41)10-11-28(45)35-20-111(83-53)40(112(84-54)21-36-29(46)15-12-25(42)32-6-2)19-18-39(77-113(22-37-30(47)16-13-26(43)33-7-3)137(133(103-73)129(99-69)125(95-65)121(91-61)117(87-57)109-81-51)135(105-75)131(101-71)127(97-67)123(93-63)119(89-59)115(85-55)107-79-49)78-114(23-38-31(48)17-14-27(44)34-8-4)138(134(104-74)130(100-70)126(96-66)122(92-62)118(88-58)110-82-52)136(106-76)132(102-72)128(98-68)124(94-64)120(90-60)116(86-56)108-80-50/h107-110H,5-23H2,1-4H3,(H,32,42)(H,33,43)(H,34,44)(H,35,45)(H,36,46)(H,37,47)(H,38,48). The maximum atomic E-state index is 15.4. The number of carbonyl (C=O) groups is 8. The van der Waals surface area contributed by atoms with Gasteiger partial charge in [-0.3, -0.25) is 166 Å². The summed E-state index contributed by atoms with van der Waals surface area (Å²) in [6, 6.07) is 0. The monoisotopic (exact) mass is 3030 g/mol. The molecule has 107 heteroatoms. The molecule has 0 heterocycles. The third kappa shape index (κ3) is 55.3. The highest BCUT2D eigenvalue weighted by Crippen LogP contribution is 3.33. The number of hydrogen-bond donors (Lipinski definition) is 7. The van der Waals surface area contributed by atoms with E-state index in [4.69, 9.17) is 9.25 Å². The number of hydroxylamine groups is 2. The second-order valence-corrected chi connectivity index (χ2v) is 231. The molecule has 0 spiro atoms. The summed E-state index contributed by atoms with van der Waals surface area (Å²) in [7, 11) is -44.1. The third-order valence-corrected chi connectivity index (χ3v) is 394. The van der Waals surface area contributed by atoms with E-state index in [2.05, 4.69) is 37.2 Å². The lowest BCUT2D eigenvalue weighted by Gasteiger charge is -2.42. The number of ketones is 1. The summed E-state index contributed by atoms with van der Waals surface area (Å²) in [6.45, 7) is -65.0. The van der Waals surface area contributed by atoms with Gasteiger partial charge in [-0.1, -0.05) is 12.2 Å². The van der Waals surface area contributed by atoms with Gasteiger partial charge in [0.2, 0.25) is 41.4 Å². The first-order valence-corrected chi connectivity index (χ1v) is 140. The van der Waals surface area contributed by atoms with E-state index in [0.717, 1.165) is 4.44 Å². The Balaban J connectivity index is 12.2. The van der Waals surface area contributed by atoms with Crippen LogP contribution in [0.4, 0.5) is 0 Å². The van der Waals surface area contributed by atoms with E-state index in [9.17, 15) is 148 Å². The van der Waals surface area contributed by atoms with Crippen LogP contribution in [0.3, 0.4) is 0 Å². The first-order valence-electron chi connectivity index (χ1n) is 34.4. The van der Waals surface area contributed by atoms with Gasteiger partial charge in [0.15, 0.2) is 228 Å². The molecule has 0 aromatic carbocycles. The van der Waals surface area contributed by atoms with E-state index >= 15 is 18.3 Å². The Morgan fingerprint density at radius 3 is 0.630 bits per heavy atom. The lowest BCUT2D eigenvalue weighted by atomic mass is 10.1. The molecule has 0 saturated heterocycles. The summed E-state index contributed by atoms with van der Waals surface area (Å²) in [6.07, 6.45) is -8.04. The molecule has 0 saturated carbocycles. The van der Waals surface area contributed by atoms with Crippen LogP contribution >= 0.6 is 459 Å². The van der Waals surface area contributed by atoms with Crippen molar-refractivity contribution in [3.05, 3.63) is 0 Å². The predicted molar refractivity (Wildman–Crippen MR) is 621 cm³/mol. The van der Waals surface area contributed by atoms with E-state index in [1.165, 1.54) is 13.8 Å². The van der Waals surface area contributed by atoms with Crippen molar-refractivity contribution >= 4 is 506 Å². The Morgan fingerprint density at radius 2 is 0.435 bits per heavy atom. The van der Waals surface area contributed by atoms with Gasteiger partial charge < -0.3 is 37.2 Å². The molecule has 138 heavy (non-hydrogen) atoms. The van der Waals surface area contributed by atoms with Gasteiger partial charge in [0, 0.05) is 130 Å². The predicted octanol–water partition coefficient (Wildman–Crippen LogP) is 45.9. The lowest BCUT2D eigenvalue weighted by Crippen LogP contribution is -2.34. The molecule has 0 fully saturated rings. The van der Waals surface area contributed by atoms with Crippen molar-refractivity contribution in [2.24, 2.45) is 0 Å². The van der Waals surface area contributed by atoms with Gasteiger partial charge in [-0.15, -0.1) is 0 Å². The Kier molecular flexibility index (Phi) is 103. The maximum absolute atomic E-state index is 15.4. The molecule has 7 N–H and O–H groups in total. The molecule has 0 aliphatic heterocycles. The van der Waals surface area contributed by atoms with Crippen LogP contribution in [0.2, 0.25) is 0 Å². The van der Waals surface area contributed by atoms with Gasteiger partial charge in [0.25, 0.3) is 0 Å². The van der Waals surface area contributed by atoms with Crippen molar-refractivity contribution in [2.75, 3.05) is 57.9 Å². The number of hydrogen-bond acceptors (Lipinski definition) is 40. The van der Waals surface area contributed by atoms with E-state index in [1.807, 2.05) is 0 Å². The van der Waals surface area contributed by atoms with E-state index in [1.54, 1.807) is 13.8 Å². The molecule has 0 radical (unpaired) electrons. The highest BCUT2D eigenvalue weighted by molar-refractivity contribution is 9.35. The van der Waals surface area contributed by atoms with E-state index < -0.39 is 583 Å². The van der Waals surface area contributed by atoms with Crippen LogP contribution in [0, 0.1) is 0 Å². The molecule has 32 unspecified atom stereocenters. The Morgan fingerprint density at radius 1 is 0.232 bits per heavy atom. The molecular formula is C31H61N9O38P60. The smallest absolute Gasteiger partial charge is 0.220 e. The summed E-state index contributed by atoms with van der Waals surface area (Å²) in [5.74, 6) is -6.48. The zero-order valence-corrected chi connectivity index (χ0v) is 122. The molecule has 0 bridgehead atoms. The summed E-state index contributed by atoms with van der Waals surface area (Å²) < 4.78 is 407. The van der Waals surface area contributed by atoms with Crippen LogP contribution < -0.4 is 37.2 Å². The van der Waals surface area contributed by atoms with Crippen molar-refractivity contribution < 1.29 is 175 Å². The van der Waals surface area contributed by atoms with Crippen molar-refractivity contribution in [1.82, 2.24) is 46.9 Å². The first kappa shape index (κ1) is 150. The molecule has 32 atom stereocenters. The SMILES string of the molecule is CCCC(=O)CCC(=O)NCP(P=O)N(CCN(OP(CNC(=O)CCC(=O)NCC)P(P(P=O)P(P=O)P(P=O)P(P=O)P(P=O)PP=O)P(P=O)P(P=O)P(P=O)P(P=O)P(P=O)P(P=O)PP=O)OP(CNC(=O)CCC(=O)NCC)P(P(P=O)P(P=O)P(P=O)P(P=O)P(P=O)PP=O)P(P=O)P(P=O)P(P=O)P(P=O)P(P=O)P(P=O)PP=O)P(CNC(=O)CCC(=O)NCC)P=O. The summed E-state index contributed by atoms with van der Waals surface area (Å²) in [4.78, 5) is 109. The lowest BCUT2D eigenvalue weighted by molar-refractivity contribution is -0.244. The van der Waals surface area contributed by atoms with Crippen LogP contribution in [-0.4, -0.2) is 115 Å². The fraction of sp³-hybridized carbons (Fsp3) is 0.742. The molecule has 7 amide bonds. The normalized spacial score (nSPS) is 19.2. The minimum absolute atomic E-state index is 0.00207. The second kappa shape index (κ2) is 94.7. The Hall–Kier alpha value is 12.4. The number of Topliss-reactive ketones (excluding diaryl/α,β-unsaturated/α-hetero) is 1. The topological polar surface area (TPSA) is 724 Å². The number of nitrogens with zero attached hydrogens (tertiary/aromatic N) is 2. The van der Waals surface area contributed by atoms with Crippen LogP contribution in [0.5, 0.6) is 0 Å². The second-order valence-electron chi connectivity index (χ2n) is 21.2. The van der Waals surface area contributed by atoms with Gasteiger partial charge in [-0.05, 0) is 27.2 Å². The average molecular weight is 3030 g/mol. The number of carbonyl (C=O) groups excluding carboxylic acids is 8. The first-order chi connectivity index (χ1) is 66.5. The van der Waals surface area contributed by atoms with Crippen molar-refractivity contribution in [2.45, 2.75) is 91.9 Å². The Labute approximate surface area is 869 Å². The quantitative estimate of drug-likeness (QED) is 0.0220. The number of nitrogens with one attached hydrogen (secondary N) is 7. The van der Waals surface area contributed by atoms with Crippen molar-refractivity contribution in [1.29, 1.82) is 0 Å². The molecule has 758 valence electrons. The molecule has 0 rings (SSSR count). The Bertz CT molecular complexity index is 3970. The highest BCUT2D eigenvalue weighted by atomic mass is 33.4. The van der Waals surface area contributed by atoms with Gasteiger partial charge >= 0.3 is 0 Å². The average Bonchev–Trinajstić information content (AvgIpc) is 0.776. The zero-order valence-electron chi connectivity index (χ0n) is 68.4. The molecule has 0 aromatic heterocycles. The van der Waals surface area contributed by atoms with E-state index in [-0.39, 0.29) is 38.3 Å². The molecular weight excluding hydrogens is 2960 g/mol. The van der Waals surface area contributed by atoms with Crippen LogP contribution in [-0.2, 0) is 175 Å². The highest BCUT2D eigenvalue weighted by Gasteiger charge is 2.59. The largest absolute Gasteiger partial charge is 0.356 e. The number of rotatable bonds is 90. The van der Waals surface area contributed by atoms with Gasteiger partial charge in [0.1, 0.15) is 21.5 Å². The summed E-state index contributed by atoms with van der Waals surface area (Å²) in [5, 5.41) is 18.0. The van der Waals surface area contributed by atoms with Gasteiger partial charge in [-0.2, -0.15) is 0 Å². The molecule has 0 aliphatic carbocycles.